The van der Waals surface area contributed by atoms with E-state index in [4.69, 9.17) is 19.4 Å². The molecule has 6 nitrogen and oxygen atoms in total. The van der Waals surface area contributed by atoms with Crippen LogP contribution in [0.25, 0.3) is 0 Å². The van der Waals surface area contributed by atoms with E-state index >= 15 is 0 Å². The predicted molar refractivity (Wildman–Crippen MR) is 103 cm³/mol. The summed E-state index contributed by atoms with van der Waals surface area (Å²) in [5.41, 5.74) is 2.65. The molecule has 0 bridgehead atoms. The van der Waals surface area contributed by atoms with E-state index in [1.807, 2.05) is 49.4 Å². The van der Waals surface area contributed by atoms with Gasteiger partial charge in [0.1, 0.15) is 19.0 Å². The zero-order valence-corrected chi connectivity index (χ0v) is 15.6. The number of ether oxygens (including phenoxy) is 2. The maximum absolute atomic E-state index is 11.1. The summed E-state index contributed by atoms with van der Waals surface area (Å²) in [6.45, 7) is 4.70. The van der Waals surface area contributed by atoms with Crippen LogP contribution in [0.3, 0.4) is 0 Å². The van der Waals surface area contributed by atoms with Gasteiger partial charge in [0.15, 0.2) is 6.10 Å². The molecule has 1 atom stereocenters. The van der Waals surface area contributed by atoms with Gasteiger partial charge >= 0.3 is 5.97 Å². The number of oxime groups is 1. The Hall–Kier alpha value is -2.86. The number of aliphatic carboxylic acids is 1. The fraction of sp³-hybridized carbons (Fsp3) is 0.333. The van der Waals surface area contributed by atoms with E-state index in [9.17, 15) is 4.79 Å². The highest BCUT2D eigenvalue weighted by molar-refractivity contribution is 5.82. The van der Waals surface area contributed by atoms with Crippen LogP contribution in [0.4, 0.5) is 0 Å². The third-order valence-corrected chi connectivity index (χ3v) is 3.73. The molecule has 1 unspecified atom stereocenters. The molecule has 0 aliphatic rings. The van der Waals surface area contributed by atoms with E-state index in [-0.39, 0.29) is 0 Å². The summed E-state index contributed by atoms with van der Waals surface area (Å²) in [5.74, 6) is -0.279. The Balaban J connectivity index is 1.78. The lowest BCUT2D eigenvalue weighted by molar-refractivity contribution is -0.149. The molecule has 6 heteroatoms. The van der Waals surface area contributed by atoms with Crippen molar-refractivity contribution in [3.05, 3.63) is 65.7 Å². The average molecular weight is 371 g/mol. The third-order valence-electron chi connectivity index (χ3n) is 3.73. The van der Waals surface area contributed by atoms with Gasteiger partial charge in [-0.15, -0.1) is 0 Å². The van der Waals surface area contributed by atoms with Gasteiger partial charge in [0.2, 0.25) is 0 Å². The molecule has 0 saturated heterocycles. The maximum atomic E-state index is 11.1. The lowest BCUT2D eigenvalue weighted by Crippen LogP contribution is -2.26. The molecule has 2 aromatic carbocycles. The van der Waals surface area contributed by atoms with Crippen LogP contribution in [0.1, 0.15) is 25.0 Å². The Morgan fingerprint density at radius 3 is 2.41 bits per heavy atom. The summed E-state index contributed by atoms with van der Waals surface area (Å²) in [7, 11) is 0. The number of nitrogens with zero attached hydrogens (tertiary/aromatic N) is 1. The van der Waals surface area contributed by atoms with Gasteiger partial charge in [-0.05, 0) is 37.1 Å². The van der Waals surface area contributed by atoms with Crippen molar-refractivity contribution in [1.82, 2.24) is 0 Å². The Labute approximate surface area is 159 Å². The van der Waals surface area contributed by atoms with Crippen molar-refractivity contribution < 1.29 is 24.2 Å². The van der Waals surface area contributed by atoms with Crippen LogP contribution in [-0.4, -0.2) is 36.1 Å². The van der Waals surface area contributed by atoms with Gasteiger partial charge in [0.25, 0.3) is 0 Å². The monoisotopic (exact) mass is 371 g/mol. The summed E-state index contributed by atoms with van der Waals surface area (Å²) in [6, 6.07) is 17.1. The smallest absolute Gasteiger partial charge is 0.333 e. The van der Waals surface area contributed by atoms with E-state index in [1.165, 1.54) is 0 Å². The minimum absolute atomic E-state index is 0.310. The van der Waals surface area contributed by atoms with E-state index in [2.05, 4.69) is 5.16 Å². The third kappa shape index (κ3) is 7.50. The van der Waals surface area contributed by atoms with Crippen LogP contribution >= 0.6 is 0 Å². The first kappa shape index (κ1) is 20.5. The second-order valence-corrected chi connectivity index (χ2v) is 6.00. The molecular formula is C21H25NO5. The van der Waals surface area contributed by atoms with Crippen LogP contribution in [0.15, 0.2) is 59.8 Å². The van der Waals surface area contributed by atoms with Crippen LogP contribution < -0.4 is 4.74 Å². The number of carbonyl (C=O) groups is 1. The molecule has 0 aromatic heterocycles. The predicted octanol–water partition coefficient (Wildman–Crippen LogP) is 3.69. The number of carboxylic acids is 1. The summed E-state index contributed by atoms with van der Waals surface area (Å²) in [4.78, 5) is 16.5. The SMILES string of the molecule is CCOC(Cc1ccc(OC/C(C)=N/OCc2ccccc2)cc1)C(=O)O. The minimum atomic E-state index is -0.959. The van der Waals surface area contributed by atoms with Gasteiger partial charge in [0, 0.05) is 13.0 Å². The molecule has 27 heavy (non-hydrogen) atoms. The number of benzene rings is 2. The number of hydrogen-bond acceptors (Lipinski definition) is 5. The minimum Gasteiger partial charge on any atom is -0.488 e. The van der Waals surface area contributed by atoms with Crippen LogP contribution in [0, 0.1) is 0 Å². The highest BCUT2D eigenvalue weighted by Crippen LogP contribution is 2.14. The molecule has 1 N–H and O–H groups in total. The molecule has 2 aromatic rings. The molecule has 0 aliphatic carbocycles. The van der Waals surface area contributed by atoms with E-state index in [0.717, 1.165) is 16.8 Å². The summed E-state index contributed by atoms with van der Waals surface area (Å²) in [6.07, 6.45) is -0.519. The summed E-state index contributed by atoms with van der Waals surface area (Å²) < 4.78 is 10.9. The quantitative estimate of drug-likeness (QED) is 0.481. The van der Waals surface area contributed by atoms with Crippen LogP contribution in [0.5, 0.6) is 5.75 Å². The first-order chi connectivity index (χ1) is 13.1. The van der Waals surface area contributed by atoms with E-state index in [1.54, 1.807) is 19.1 Å². The van der Waals surface area contributed by atoms with Gasteiger partial charge < -0.3 is 19.4 Å². The molecule has 0 radical (unpaired) electrons. The lowest BCUT2D eigenvalue weighted by Gasteiger charge is -2.13. The van der Waals surface area contributed by atoms with Gasteiger partial charge in [-0.3, -0.25) is 0 Å². The Kier molecular flexibility index (Phi) is 8.32. The van der Waals surface area contributed by atoms with Crippen molar-refractivity contribution in [2.45, 2.75) is 33.0 Å². The molecule has 2 rings (SSSR count). The molecule has 0 spiro atoms. The zero-order chi connectivity index (χ0) is 19.5. The van der Waals surface area contributed by atoms with E-state index < -0.39 is 12.1 Å². The molecule has 144 valence electrons. The van der Waals surface area contributed by atoms with Crippen molar-refractivity contribution in [2.24, 2.45) is 5.16 Å². The molecule has 0 heterocycles. The molecular weight excluding hydrogens is 346 g/mol. The molecule has 0 aliphatic heterocycles. The van der Waals surface area contributed by atoms with Crippen molar-refractivity contribution >= 4 is 11.7 Å². The largest absolute Gasteiger partial charge is 0.488 e. The van der Waals surface area contributed by atoms with Crippen LogP contribution in [0.2, 0.25) is 0 Å². The number of rotatable bonds is 11. The fourth-order valence-corrected chi connectivity index (χ4v) is 2.36. The molecule has 0 amide bonds. The van der Waals surface area contributed by atoms with Gasteiger partial charge in [0.05, 0.1) is 5.71 Å². The second kappa shape index (κ2) is 11.0. The fourth-order valence-electron chi connectivity index (χ4n) is 2.36. The first-order valence-electron chi connectivity index (χ1n) is 8.84. The topological polar surface area (TPSA) is 77.3 Å². The Morgan fingerprint density at radius 2 is 1.78 bits per heavy atom. The summed E-state index contributed by atoms with van der Waals surface area (Å²) >= 11 is 0. The second-order valence-electron chi connectivity index (χ2n) is 6.00. The first-order valence-corrected chi connectivity index (χ1v) is 8.84. The van der Waals surface area contributed by atoms with Crippen molar-refractivity contribution in [1.29, 1.82) is 0 Å². The van der Waals surface area contributed by atoms with Crippen molar-refractivity contribution in [3.8, 4) is 5.75 Å². The Morgan fingerprint density at radius 1 is 1.07 bits per heavy atom. The van der Waals surface area contributed by atoms with E-state index in [0.29, 0.717) is 32.0 Å². The normalized spacial score (nSPS) is 12.4. The number of carboxylic acid groups (broad SMARTS) is 1. The van der Waals surface area contributed by atoms with Gasteiger partial charge in [-0.2, -0.15) is 0 Å². The summed E-state index contributed by atoms with van der Waals surface area (Å²) in [5, 5.41) is 13.2. The highest BCUT2D eigenvalue weighted by Gasteiger charge is 2.17. The maximum Gasteiger partial charge on any atom is 0.333 e. The standard InChI is InChI=1S/C21H25NO5/c1-3-25-20(21(23)24)13-17-9-11-19(12-10-17)26-14-16(2)22-27-15-18-7-5-4-6-8-18/h4-12,20H,3,13-15H2,1-2H3,(H,23,24)/b22-16+. The zero-order valence-electron chi connectivity index (χ0n) is 15.6. The highest BCUT2D eigenvalue weighted by atomic mass is 16.6. The van der Waals surface area contributed by atoms with Crippen LogP contribution in [-0.2, 0) is 27.4 Å². The average Bonchev–Trinajstić information content (AvgIpc) is 2.68. The van der Waals surface area contributed by atoms with Crippen molar-refractivity contribution in [2.75, 3.05) is 13.2 Å². The number of hydrogen-bond donors (Lipinski definition) is 1. The van der Waals surface area contributed by atoms with Crippen molar-refractivity contribution in [3.63, 3.8) is 0 Å². The lowest BCUT2D eigenvalue weighted by atomic mass is 10.1. The molecule has 0 saturated carbocycles. The Bertz CT molecular complexity index is 728. The van der Waals surface area contributed by atoms with Gasteiger partial charge in [-0.25, -0.2) is 4.79 Å². The molecule has 0 fully saturated rings. The van der Waals surface area contributed by atoms with Gasteiger partial charge in [-0.1, -0.05) is 47.6 Å².